The Labute approximate surface area is 85.6 Å². The highest BCUT2D eigenvalue weighted by Gasteiger charge is 2.38. The van der Waals surface area contributed by atoms with Crippen molar-refractivity contribution < 1.29 is 9.53 Å². The fourth-order valence-corrected chi connectivity index (χ4v) is 2.02. The summed E-state index contributed by atoms with van der Waals surface area (Å²) in [4.78, 5) is 13.9. The zero-order valence-corrected chi connectivity index (χ0v) is 9.30. The van der Waals surface area contributed by atoms with Crippen molar-refractivity contribution in [2.24, 2.45) is 0 Å². The van der Waals surface area contributed by atoms with Gasteiger partial charge in [0, 0.05) is 6.54 Å². The lowest BCUT2D eigenvalue weighted by Crippen LogP contribution is -2.51. The van der Waals surface area contributed by atoms with Gasteiger partial charge in [0.05, 0.1) is 7.11 Å². The Kier molecular flexibility index (Phi) is 3.89. The number of ether oxygens (including phenoxy) is 1. The Balaban J connectivity index is 2.72. The van der Waals surface area contributed by atoms with E-state index in [0.717, 1.165) is 32.4 Å². The number of rotatable bonds is 2. The summed E-state index contributed by atoms with van der Waals surface area (Å²) in [6.45, 7) is 2.00. The Bertz CT molecular complexity index is 208. The fourth-order valence-electron chi connectivity index (χ4n) is 2.02. The monoisotopic (exact) mass is 200 g/mol. The first-order valence-electron chi connectivity index (χ1n) is 5.10. The van der Waals surface area contributed by atoms with Gasteiger partial charge in [0.1, 0.15) is 5.54 Å². The van der Waals surface area contributed by atoms with Gasteiger partial charge in [-0.05, 0) is 39.9 Å². The Hall–Kier alpha value is -0.610. The highest BCUT2D eigenvalue weighted by atomic mass is 16.5. The molecule has 1 atom stereocenters. The molecule has 1 fully saturated rings. The summed E-state index contributed by atoms with van der Waals surface area (Å²) in [7, 11) is 5.38. The van der Waals surface area contributed by atoms with Gasteiger partial charge in [0.15, 0.2) is 0 Å². The number of hydrogen-bond acceptors (Lipinski definition) is 4. The molecule has 1 heterocycles. The Morgan fingerprint density at radius 3 is 2.71 bits per heavy atom. The number of nitrogens with one attached hydrogen (secondary N) is 1. The first kappa shape index (κ1) is 11.5. The molecule has 82 valence electrons. The van der Waals surface area contributed by atoms with Crippen molar-refractivity contribution in [2.45, 2.75) is 24.8 Å². The predicted octanol–water partition coefficient (Wildman–Crippen LogP) is 0.233. The molecule has 1 unspecified atom stereocenters. The van der Waals surface area contributed by atoms with Gasteiger partial charge in [-0.3, -0.25) is 4.79 Å². The molecule has 4 nitrogen and oxygen atoms in total. The fraction of sp³-hybridized carbons (Fsp3) is 0.900. The van der Waals surface area contributed by atoms with Crippen molar-refractivity contribution in [3.63, 3.8) is 0 Å². The van der Waals surface area contributed by atoms with E-state index >= 15 is 0 Å². The third kappa shape index (κ3) is 2.25. The van der Waals surface area contributed by atoms with E-state index in [1.807, 2.05) is 7.05 Å². The van der Waals surface area contributed by atoms with Crippen molar-refractivity contribution in [1.82, 2.24) is 10.2 Å². The van der Waals surface area contributed by atoms with Gasteiger partial charge < -0.3 is 15.0 Å². The lowest BCUT2D eigenvalue weighted by molar-refractivity contribution is -0.149. The van der Waals surface area contributed by atoms with Gasteiger partial charge >= 0.3 is 5.97 Å². The smallest absolute Gasteiger partial charge is 0.326 e. The minimum atomic E-state index is -0.459. The molecule has 0 spiro atoms. The molecule has 1 aliphatic heterocycles. The van der Waals surface area contributed by atoms with Gasteiger partial charge in [-0.1, -0.05) is 0 Å². The Morgan fingerprint density at radius 2 is 2.14 bits per heavy atom. The SMILES string of the molecule is CNC1(C(=O)OC)CCCN(C)CC1. The summed E-state index contributed by atoms with van der Waals surface area (Å²) in [5, 5.41) is 3.13. The van der Waals surface area contributed by atoms with Crippen LogP contribution in [0.25, 0.3) is 0 Å². The van der Waals surface area contributed by atoms with Gasteiger partial charge in [-0.25, -0.2) is 0 Å². The molecule has 0 radical (unpaired) electrons. The van der Waals surface area contributed by atoms with Crippen LogP contribution in [0, 0.1) is 0 Å². The van der Waals surface area contributed by atoms with Crippen LogP contribution in [0.15, 0.2) is 0 Å². The van der Waals surface area contributed by atoms with E-state index in [1.165, 1.54) is 7.11 Å². The predicted molar refractivity (Wildman–Crippen MR) is 55.2 cm³/mol. The van der Waals surface area contributed by atoms with E-state index in [4.69, 9.17) is 4.74 Å². The summed E-state index contributed by atoms with van der Waals surface area (Å²) in [5.74, 6) is -0.129. The highest BCUT2D eigenvalue weighted by molar-refractivity contribution is 5.80. The van der Waals surface area contributed by atoms with Crippen molar-refractivity contribution in [3.05, 3.63) is 0 Å². The highest BCUT2D eigenvalue weighted by Crippen LogP contribution is 2.22. The third-order valence-corrected chi connectivity index (χ3v) is 3.12. The number of likely N-dealkylation sites (tertiary alicyclic amines) is 1. The first-order valence-corrected chi connectivity index (χ1v) is 5.10. The quantitative estimate of drug-likeness (QED) is 0.648. The van der Waals surface area contributed by atoms with Crippen molar-refractivity contribution in [2.75, 3.05) is 34.3 Å². The molecule has 1 N–H and O–H groups in total. The van der Waals surface area contributed by atoms with Crippen molar-refractivity contribution in [3.8, 4) is 0 Å². The molecule has 0 aromatic rings. The minimum absolute atomic E-state index is 0.129. The number of nitrogens with zero attached hydrogens (tertiary/aromatic N) is 1. The van der Waals surface area contributed by atoms with Crippen molar-refractivity contribution in [1.29, 1.82) is 0 Å². The lowest BCUT2D eigenvalue weighted by Gasteiger charge is -2.29. The van der Waals surface area contributed by atoms with Gasteiger partial charge in [0.2, 0.25) is 0 Å². The average molecular weight is 200 g/mol. The molecule has 1 rings (SSSR count). The molecular weight excluding hydrogens is 180 g/mol. The molecule has 14 heavy (non-hydrogen) atoms. The van der Waals surface area contributed by atoms with Crippen molar-refractivity contribution >= 4 is 5.97 Å². The summed E-state index contributed by atoms with van der Waals surface area (Å²) < 4.78 is 4.85. The molecule has 0 bridgehead atoms. The largest absolute Gasteiger partial charge is 0.468 e. The molecule has 0 aromatic carbocycles. The van der Waals surface area contributed by atoms with Crippen LogP contribution >= 0.6 is 0 Å². The summed E-state index contributed by atoms with van der Waals surface area (Å²) in [6.07, 6.45) is 2.72. The number of carbonyl (C=O) groups is 1. The van der Waals surface area contributed by atoms with E-state index < -0.39 is 5.54 Å². The van der Waals surface area contributed by atoms with E-state index in [9.17, 15) is 4.79 Å². The summed E-state index contributed by atoms with van der Waals surface area (Å²) in [6, 6.07) is 0. The van der Waals surface area contributed by atoms with E-state index in [1.54, 1.807) is 0 Å². The maximum absolute atomic E-state index is 11.7. The molecule has 4 heteroatoms. The minimum Gasteiger partial charge on any atom is -0.468 e. The van der Waals surface area contributed by atoms with Crippen LogP contribution in [0.5, 0.6) is 0 Å². The van der Waals surface area contributed by atoms with Crippen LogP contribution in [-0.4, -0.2) is 50.7 Å². The number of likely N-dealkylation sites (N-methyl/N-ethyl adjacent to an activating group) is 1. The molecule has 1 aliphatic rings. The van der Waals surface area contributed by atoms with Crippen LogP contribution in [0.3, 0.4) is 0 Å². The zero-order valence-electron chi connectivity index (χ0n) is 9.30. The first-order chi connectivity index (χ1) is 6.64. The van der Waals surface area contributed by atoms with Crippen LogP contribution in [-0.2, 0) is 9.53 Å². The van der Waals surface area contributed by atoms with Crippen LogP contribution < -0.4 is 5.32 Å². The molecule has 0 saturated carbocycles. The van der Waals surface area contributed by atoms with E-state index in [-0.39, 0.29) is 5.97 Å². The molecule has 0 aliphatic carbocycles. The normalized spacial score (nSPS) is 29.6. The standard InChI is InChI=1S/C10H20N2O2/c1-11-10(9(13)14-3)5-4-7-12(2)8-6-10/h11H,4-8H2,1-3H3. The number of hydrogen-bond donors (Lipinski definition) is 1. The molecule has 1 saturated heterocycles. The number of methoxy groups -OCH3 is 1. The summed E-state index contributed by atoms with van der Waals surface area (Å²) in [5.41, 5.74) is -0.459. The average Bonchev–Trinajstić information content (AvgIpc) is 2.40. The second kappa shape index (κ2) is 4.75. The Morgan fingerprint density at radius 1 is 1.43 bits per heavy atom. The van der Waals surface area contributed by atoms with Crippen LogP contribution in [0.4, 0.5) is 0 Å². The van der Waals surface area contributed by atoms with E-state index in [0.29, 0.717) is 0 Å². The number of esters is 1. The molecular formula is C10H20N2O2. The summed E-state index contributed by atoms with van der Waals surface area (Å²) >= 11 is 0. The third-order valence-electron chi connectivity index (χ3n) is 3.12. The van der Waals surface area contributed by atoms with Gasteiger partial charge in [-0.15, -0.1) is 0 Å². The zero-order chi connectivity index (χ0) is 10.6. The van der Waals surface area contributed by atoms with Crippen LogP contribution in [0.1, 0.15) is 19.3 Å². The van der Waals surface area contributed by atoms with Crippen LogP contribution in [0.2, 0.25) is 0 Å². The molecule has 0 amide bonds. The lowest BCUT2D eigenvalue weighted by atomic mass is 9.91. The van der Waals surface area contributed by atoms with Gasteiger partial charge in [0.25, 0.3) is 0 Å². The maximum Gasteiger partial charge on any atom is 0.326 e. The van der Waals surface area contributed by atoms with E-state index in [2.05, 4.69) is 17.3 Å². The number of carbonyl (C=O) groups excluding carboxylic acids is 1. The van der Waals surface area contributed by atoms with Gasteiger partial charge in [-0.2, -0.15) is 0 Å². The maximum atomic E-state index is 11.7. The second-order valence-electron chi connectivity index (χ2n) is 3.98. The molecule has 0 aromatic heterocycles. The second-order valence-corrected chi connectivity index (χ2v) is 3.98. The topological polar surface area (TPSA) is 41.6 Å².